The Morgan fingerprint density at radius 1 is 1.24 bits per heavy atom. The minimum Gasteiger partial charge on any atom is -0.355 e. The van der Waals surface area contributed by atoms with E-state index in [-0.39, 0.29) is 24.6 Å². The number of rotatable bonds is 6. The van der Waals surface area contributed by atoms with Crippen molar-refractivity contribution in [2.45, 2.75) is 20.3 Å². The molecule has 136 valence electrons. The van der Waals surface area contributed by atoms with E-state index in [1.54, 1.807) is 22.9 Å². The molecule has 0 aliphatic rings. The van der Waals surface area contributed by atoms with Crippen LogP contribution in [0.2, 0.25) is 10.0 Å². The van der Waals surface area contributed by atoms with Gasteiger partial charge >= 0.3 is 0 Å². The molecule has 9 heteroatoms. The third kappa shape index (κ3) is 5.20. The molecule has 0 spiro atoms. The number of sulfone groups is 1. The number of carbonyl (C=O) groups is 1. The molecule has 0 saturated carbocycles. The number of nitrogens with zero attached hydrogens (tertiary/aromatic N) is 2. The molecule has 1 N–H and O–H groups in total. The molecule has 0 aliphatic heterocycles. The number of hydrogen-bond acceptors (Lipinski definition) is 4. The molecule has 2 aromatic rings. The Kier molecular flexibility index (Phi) is 6.13. The Hall–Kier alpha value is -1.57. The summed E-state index contributed by atoms with van der Waals surface area (Å²) in [7, 11) is -3.10. The van der Waals surface area contributed by atoms with Gasteiger partial charge in [-0.25, -0.2) is 13.1 Å². The van der Waals surface area contributed by atoms with Crippen LogP contribution < -0.4 is 5.32 Å². The predicted octanol–water partition coefficient (Wildman–Crippen LogP) is 2.50. The topological polar surface area (TPSA) is 81.1 Å². The second-order valence-electron chi connectivity index (χ2n) is 5.82. The molecule has 6 nitrogen and oxygen atoms in total. The zero-order valence-corrected chi connectivity index (χ0v) is 16.5. The molecule has 0 radical (unpaired) electrons. The van der Waals surface area contributed by atoms with Crippen molar-refractivity contribution in [3.63, 3.8) is 0 Å². The molecule has 0 unspecified atom stereocenters. The summed E-state index contributed by atoms with van der Waals surface area (Å²) in [5.74, 6) is -0.331. The molecule has 0 aliphatic carbocycles. The normalized spacial score (nSPS) is 11.6. The molecule has 1 aromatic heterocycles. The van der Waals surface area contributed by atoms with E-state index in [1.807, 2.05) is 13.8 Å². The molecule has 0 fully saturated rings. The van der Waals surface area contributed by atoms with Crippen molar-refractivity contribution < 1.29 is 13.2 Å². The van der Waals surface area contributed by atoms with Crippen LogP contribution in [0.4, 0.5) is 0 Å². The number of benzene rings is 1. The van der Waals surface area contributed by atoms with Gasteiger partial charge in [0, 0.05) is 24.1 Å². The summed E-state index contributed by atoms with van der Waals surface area (Å²) in [6, 6.07) is 5.19. The summed E-state index contributed by atoms with van der Waals surface area (Å²) in [5.41, 5.74) is 3.08. The van der Waals surface area contributed by atoms with Crippen LogP contribution in [0.5, 0.6) is 0 Å². The second kappa shape index (κ2) is 7.76. The maximum absolute atomic E-state index is 12.1. The number of carbonyl (C=O) groups excluding carboxylic acids is 1. The van der Waals surface area contributed by atoms with E-state index in [4.69, 9.17) is 23.2 Å². The fourth-order valence-corrected chi connectivity index (χ4v) is 3.16. The highest BCUT2D eigenvalue weighted by Gasteiger charge is 2.16. The number of amides is 1. The van der Waals surface area contributed by atoms with E-state index in [0.29, 0.717) is 10.0 Å². The molecule has 25 heavy (non-hydrogen) atoms. The highest BCUT2D eigenvalue weighted by atomic mass is 35.5. The average Bonchev–Trinajstić information content (AvgIpc) is 2.77. The van der Waals surface area contributed by atoms with Crippen molar-refractivity contribution in [1.29, 1.82) is 0 Å². The van der Waals surface area contributed by atoms with Gasteiger partial charge in [0.1, 0.15) is 9.84 Å². The summed E-state index contributed by atoms with van der Waals surface area (Å²) < 4.78 is 23.9. The second-order valence-corrected chi connectivity index (χ2v) is 8.89. The van der Waals surface area contributed by atoms with Crippen LogP contribution in [-0.2, 0) is 21.1 Å². The maximum Gasteiger partial charge on any atom is 0.224 e. The van der Waals surface area contributed by atoms with Crippen molar-refractivity contribution in [1.82, 2.24) is 15.1 Å². The number of aromatic nitrogens is 2. The first kappa shape index (κ1) is 19.8. The summed E-state index contributed by atoms with van der Waals surface area (Å²) in [4.78, 5) is 12.1. The fraction of sp³-hybridized carbons (Fsp3) is 0.375. The molecule has 2 rings (SSSR count). The Morgan fingerprint density at radius 3 is 2.52 bits per heavy atom. The van der Waals surface area contributed by atoms with Crippen LogP contribution in [0.3, 0.4) is 0 Å². The third-order valence-corrected chi connectivity index (χ3v) is 5.41. The van der Waals surface area contributed by atoms with Gasteiger partial charge < -0.3 is 5.32 Å². The minimum atomic E-state index is -3.10. The molecule has 0 bridgehead atoms. The quantitative estimate of drug-likeness (QED) is 0.802. The molecular formula is C16H19Cl2N3O3S. The van der Waals surface area contributed by atoms with E-state index in [1.165, 1.54) is 0 Å². The first-order valence-corrected chi connectivity index (χ1v) is 10.3. The average molecular weight is 404 g/mol. The molecule has 0 saturated heterocycles. The van der Waals surface area contributed by atoms with Crippen LogP contribution in [0, 0.1) is 13.8 Å². The Labute approximate surface area is 157 Å². The van der Waals surface area contributed by atoms with Crippen molar-refractivity contribution >= 4 is 38.9 Å². The van der Waals surface area contributed by atoms with Crippen molar-refractivity contribution in [3.8, 4) is 5.69 Å². The Bertz CT molecular complexity index is 908. The molecule has 1 heterocycles. The van der Waals surface area contributed by atoms with E-state index < -0.39 is 9.84 Å². The zero-order chi connectivity index (χ0) is 18.8. The number of halogens is 2. The highest BCUT2D eigenvalue weighted by molar-refractivity contribution is 7.90. The van der Waals surface area contributed by atoms with Gasteiger partial charge in [-0.15, -0.1) is 0 Å². The summed E-state index contributed by atoms with van der Waals surface area (Å²) in [6.07, 6.45) is 1.26. The van der Waals surface area contributed by atoms with Crippen LogP contribution in [0.1, 0.15) is 17.0 Å². The molecule has 1 aromatic carbocycles. The molecular weight excluding hydrogens is 385 g/mol. The number of aryl methyl sites for hydroxylation is 1. The van der Waals surface area contributed by atoms with E-state index in [9.17, 15) is 13.2 Å². The number of hydrogen-bond donors (Lipinski definition) is 1. The van der Waals surface area contributed by atoms with Gasteiger partial charge in [-0.3, -0.25) is 4.79 Å². The van der Waals surface area contributed by atoms with Gasteiger partial charge in [0.25, 0.3) is 0 Å². The fourth-order valence-electron chi connectivity index (χ4n) is 2.40. The molecule has 0 atom stereocenters. The van der Waals surface area contributed by atoms with E-state index in [0.717, 1.165) is 28.9 Å². The lowest BCUT2D eigenvalue weighted by Gasteiger charge is -2.07. The van der Waals surface area contributed by atoms with Crippen LogP contribution in [0.15, 0.2) is 18.2 Å². The smallest absolute Gasteiger partial charge is 0.224 e. The summed E-state index contributed by atoms with van der Waals surface area (Å²) in [6.45, 7) is 3.78. The van der Waals surface area contributed by atoms with Crippen molar-refractivity contribution in [2.24, 2.45) is 0 Å². The largest absolute Gasteiger partial charge is 0.355 e. The highest BCUT2D eigenvalue weighted by Crippen LogP contribution is 2.26. The standard InChI is InChI=1S/C16H19Cl2N3O3S/c1-10-13(9-16(22)19-6-7-25(3,23)24)11(2)21(20-10)12-4-5-14(17)15(18)8-12/h4-5,8H,6-7,9H2,1-3H3,(H,19,22). The third-order valence-electron chi connectivity index (χ3n) is 3.72. The van der Waals surface area contributed by atoms with Gasteiger partial charge in [-0.1, -0.05) is 23.2 Å². The lowest BCUT2D eigenvalue weighted by atomic mass is 10.1. The van der Waals surface area contributed by atoms with Gasteiger partial charge in [-0.2, -0.15) is 5.10 Å². The summed E-state index contributed by atoms with van der Waals surface area (Å²) in [5, 5.41) is 7.96. The van der Waals surface area contributed by atoms with Crippen LogP contribution in [-0.4, -0.2) is 42.7 Å². The molecule has 1 amide bonds. The Morgan fingerprint density at radius 2 is 1.92 bits per heavy atom. The van der Waals surface area contributed by atoms with Gasteiger partial charge in [0.15, 0.2) is 0 Å². The monoisotopic (exact) mass is 403 g/mol. The van der Waals surface area contributed by atoms with Gasteiger partial charge in [0.2, 0.25) is 5.91 Å². The number of nitrogens with one attached hydrogen (secondary N) is 1. The van der Waals surface area contributed by atoms with Crippen molar-refractivity contribution in [3.05, 3.63) is 45.2 Å². The first-order chi connectivity index (χ1) is 11.6. The predicted molar refractivity (Wildman–Crippen MR) is 99.5 cm³/mol. The van der Waals surface area contributed by atoms with Gasteiger partial charge in [-0.05, 0) is 32.0 Å². The van der Waals surface area contributed by atoms with Gasteiger partial charge in [0.05, 0.1) is 33.6 Å². The van der Waals surface area contributed by atoms with E-state index in [2.05, 4.69) is 10.4 Å². The van der Waals surface area contributed by atoms with Crippen LogP contribution in [0.25, 0.3) is 5.69 Å². The van der Waals surface area contributed by atoms with Crippen LogP contribution >= 0.6 is 23.2 Å². The SMILES string of the molecule is Cc1nn(-c2ccc(Cl)c(Cl)c2)c(C)c1CC(=O)NCCS(C)(=O)=O. The first-order valence-electron chi connectivity index (χ1n) is 7.53. The Balaban J connectivity index is 2.16. The lowest BCUT2D eigenvalue weighted by Crippen LogP contribution is -2.30. The lowest BCUT2D eigenvalue weighted by molar-refractivity contribution is -0.120. The van der Waals surface area contributed by atoms with E-state index >= 15 is 0 Å². The maximum atomic E-state index is 12.1. The zero-order valence-electron chi connectivity index (χ0n) is 14.1. The van der Waals surface area contributed by atoms with Crippen molar-refractivity contribution in [2.75, 3.05) is 18.6 Å². The minimum absolute atomic E-state index is 0.0841. The summed E-state index contributed by atoms with van der Waals surface area (Å²) >= 11 is 12.0.